The average molecular weight is 873 g/mol. The number of carbonyl (C=O) groups excluding carboxylic acids is 1. The maximum atomic E-state index is 14.2. The number of nitrogens with zero attached hydrogens (tertiary/aromatic N) is 2. The van der Waals surface area contributed by atoms with Gasteiger partial charge in [-0.3, -0.25) is 4.79 Å². The van der Waals surface area contributed by atoms with Gasteiger partial charge in [-0.25, -0.2) is 22.5 Å². The molecule has 6 N–H and O–H groups in total. The molecule has 17 nitrogen and oxygen atoms in total. The second-order valence-corrected chi connectivity index (χ2v) is 14.7. The fourth-order valence-corrected chi connectivity index (χ4v) is 6.44. The van der Waals surface area contributed by atoms with E-state index in [2.05, 4.69) is 46.6 Å². The van der Waals surface area contributed by atoms with Crippen molar-refractivity contribution in [3.63, 3.8) is 0 Å². The van der Waals surface area contributed by atoms with Crippen LogP contribution in [0.2, 0.25) is 0 Å². The molecular formula is C36H51BrFN7O10S. The van der Waals surface area contributed by atoms with E-state index in [9.17, 15) is 17.6 Å². The van der Waals surface area contributed by atoms with Crippen molar-refractivity contribution in [1.29, 1.82) is 0 Å². The minimum absolute atomic E-state index is 0.0554. The van der Waals surface area contributed by atoms with Crippen LogP contribution >= 0.6 is 15.9 Å². The number of hydrogen-bond acceptors (Lipinski definition) is 15. The van der Waals surface area contributed by atoms with Gasteiger partial charge >= 0.3 is 0 Å². The number of ether oxygens (including phenoxy) is 7. The maximum Gasteiger partial charge on any atom is 0.253 e. The van der Waals surface area contributed by atoms with Gasteiger partial charge in [0, 0.05) is 18.4 Å². The molecule has 2 aromatic carbocycles. The molecule has 0 bridgehead atoms. The first-order chi connectivity index (χ1) is 27.2. The highest BCUT2D eigenvalue weighted by Crippen LogP contribution is 2.28. The molecule has 2 heterocycles. The largest absolute Gasteiger partial charge is 0.378 e. The van der Waals surface area contributed by atoms with E-state index in [1.54, 1.807) is 12.1 Å². The summed E-state index contributed by atoms with van der Waals surface area (Å²) in [5.41, 5.74) is 5.66. The van der Waals surface area contributed by atoms with Gasteiger partial charge in [0.05, 0.1) is 113 Å². The summed E-state index contributed by atoms with van der Waals surface area (Å²) < 4.78 is 81.3. The number of nitrogens with two attached hydrogens (primary N) is 1. The number of piperidine rings is 1. The molecule has 20 heteroatoms. The minimum Gasteiger partial charge on any atom is -0.378 e. The first-order valence-corrected chi connectivity index (χ1v) is 20.5. The van der Waals surface area contributed by atoms with Gasteiger partial charge in [-0.05, 0) is 78.3 Å². The standard InChI is InChI=1S/C36H51BrFN7O10S/c37-30-26-41-36(45-35(30)44-32-3-1-2-31(38)33(32)34(39)46)43-27-4-6-29(7-5-27)56(47,48)42-12-13-49-14-15-50-16-17-51-18-19-52-20-21-53-22-23-54-24-25-55-28-8-10-40-11-9-28/h1-7,26,28,40,42H,8-25H2,(H2,39,46)(H2,41,43,44,45). The SMILES string of the molecule is NC(=O)c1c(F)cccc1Nc1nc(Nc2ccc(S(=O)(=O)NCCOCCOCCOCCOCCOCCOCCOC3CCNCC3)cc2)ncc1Br. The van der Waals surface area contributed by atoms with Crippen molar-refractivity contribution in [3.05, 3.63) is 64.5 Å². The maximum absolute atomic E-state index is 14.2. The zero-order chi connectivity index (χ0) is 39.9. The van der Waals surface area contributed by atoms with Crippen LogP contribution in [0.3, 0.4) is 0 Å². The van der Waals surface area contributed by atoms with Crippen LogP contribution < -0.4 is 26.4 Å². The Morgan fingerprint density at radius 2 is 1.36 bits per heavy atom. The number of amides is 1. The van der Waals surface area contributed by atoms with Crippen LogP contribution in [0, 0.1) is 5.82 Å². The van der Waals surface area contributed by atoms with E-state index in [4.69, 9.17) is 38.9 Å². The summed E-state index contributed by atoms with van der Waals surface area (Å²) in [5, 5.41) is 9.18. The molecule has 1 fully saturated rings. The molecule has 0 unspecified atom stereocenters. The van der Waals surface area contributed by atoms with Gasteiger partial charge in [-0.15, -0.1) is 0 Å². The van der Waals surface area contributed by atoms with Crippen LogP contribution in [0.5, 0.6) is 0 Å². The van der Waals surface area contributed by atoms with Crippen LogP contribution in [-0.4, -0.2) is 136 Å². The lowest BCUT2D eigenvalue weighted by Crippen LogP contribution is -2.33. The molecule has 1 amide bonds. The number of hydrogen-bond donors (Lipinski definition) is 5. The quantitative estimate of drug-likeness (QED) is 0.0634. The molecule has 310 valence electrons. The van der Waals surface area contributed by atoms with Crippen LogP contribution in [0.25, 0.3) is 0 Å². The third kappa shape index (κ3) is 17.0. The molecule has 1 aliphatic rings. The van der Waals surface area contributed by atoms with E-state index in [0.29, 0.717) is 95.5 Å². The zero-order valence-corrected chi connectivity index (χ0v) is 33.5. The van der Waals surface area contributed by atoms with Gasteiger partial charge in [0.25, 0.3) is 5.91 Å². The first-order valence-electron chi connectivity index (χ1n) is 18.3. The Bertz CT molecular complexity index is 1710. The molecule has 1 saturated heterocycles. The van der Waals surface area contributed by atoms with Crippen molar-refractivity contribution in [2.45, 2.75) is 23.8 Å². The third-order valence-corrected chi connectivity index (χ3v) is 10.0. The normalized spacial score (nSPS) is 13.5. The molecule has 3 aromatic rings. The van der Waals surface area contributed by atoms with Crippen molar-refractivity contribution in [2.24, 2.45) is 5.73 Å². The van der Waals surface area contributed by atoms with Crippen LogP contribution in [-0.2, 0) is 43.2 Å². The van der Waals surface area contributed by atoms with E-state index < -0.39 is 21.7 Å². The summed E-state index contributed by atoms with van der Waals surface area (Å²) in [5.74, 6) is -1.32. The lowest BCUT2D eigenvalue weighted by molar-refractivity contribution is -0.0306. The lowest BCUT2D eigenvalue weighted by atomic mass is 10.1. The van der Waals surface area contributed by atoms with Gasteiger partial charge in [-0.1, -0.05) is 6.07 Å². The van der Waals surface area contributed by atoms with E-state index in [1.807, 2.05) is 0 Å². The highest BCUT2D eigenvalue weighted by atomic mass is 79.9. The molecule has 1 aliphatic heterocycles. The van der Waals surface area contributed by atoms with Crippen molar-refractivity contribution < 1.29 is 50.8 Å². The Morgan fingerprint density at radius 1 is 0.804 bits per heavy atom. The molecule has 0 radical (unpaired) electrons. The number of rotatable bonds is 29. The number of halogens is 2. The Morgan fingerprint density at radius 3 is 1.93 bits per heavy atom. The second-order valence-electron chi connectivity index (χ2n) is 12.1. The van der Waals surface area contributed by atoms with E-state index in [-0.39, 0.29) is 41.1 Å². The van der Waals surface area contributed by atoms with E-state index in [0.717, 1.165) is 32.0 Å². The Kier molecular flexibility index (Phi) is 20.8. The fourth-order valence-electron chi connectivity index (χ4n) is 5.14. The first kappa shape index (κ1) is 45.3. The van der Waals surface area contributed by atoms with Crippen LogP contribution in [0.15, 0.2) is 58.0 Å². The molecular weight excluding hydrogens is 821 g/mol. The average Bonchev–Trinajstić information content (AvgIpc) is 3.18. The number of sulfonamides is 1. The highest BCUT2D eigenvalue weighted by molar-refractivity contribution is 9.10. The summed E-state index contributed by atoms with van der Waals surface area (Å²) in [6.07, 6.45) is 3.91. The predicted molar refractivity (Wildman–Crippen MR) is 210 cm³/mol. The van der Waals surface area contributed by atoms with Crippen molar-refractivity contribution in [3.8, 4) is 0 Å². The van der Waals surface area contributed by atoms with E-state index >= 15 is 0 Å². The molecule has 0 aliphatic carbocycles. The van der Waals surface area contributed by atoms with Gasteiger partial charge in [0.15, 0.2) is 0 Å². The Balaban J connectivity index is 0.972. The zero-order valence-electron chi connectivity index (χ0n) is 31.1. The smallest absolute Gasteiger partial charge is 0.253 e. The number of anilines is 4. The predicted octanol–water partition coefficient (Wildman–Crippen LogP) is 3.11. The van der Waals surface area contributed by atoms with Crippen molar-refractivity contribution >= 4 is 55.0 Å². The van der Waals surface area contributed by atoms with Crippen LogP contribution in [0.4, 0.5) is 27.5 Å². The monoisotopic (exact) mass is 871 g/mol. The summed E-state index contributed by atoms with van der Waals surface area (Å²) >= 11 is 3.33. The molecule has 0 spiro atoms. The summed E-state index contributed by atoms with van der Waals surface area (Å²) in [6.45, 7) is 7.80. The molecule has 0 saturated carbocycles. The van der Waals surface area contributed by atoms with Crippen molar-refractivity contribution in [1.82, 2.24) is 20.0 Å². The third-order valence-electron chi connectivity index (χ3n) is 7.94. The molecule has 0 atom stereocenters. The highest BCUT2D eigenvalue weighted by Gasteiger charge is 2.17. The van der Waals surface area contributed by atoms with Crippen LogP contribution in [0.1, 0.15) is 23.2 Å². The topological polar surface area (TPSA) is 216 Å². The molecule has 4 rings (SSSR count). The van der Waals surface area contributed by atoms with Crippen molar-refractivity contribution in [2.75, 3.05) is 116 Å². The molecule has 56 heavy (non-hydrogen) atoms. The Labute approximate surface area is 335 Å². The van der Waals surface area contributed by atoms with Gasteiger partial charge in [-0.2, -0.15) is 4.98 Å². The van der Waals surface area contributed by atoms with E-state index in [1.165, 1.54) is 30.5 Å². The van der Waals surface area contributed by atoms with Gasteiger partial charge in [0.1, 0.15) is 11.6 Å². The summed E-state index contributed by atoms with van der Waals surface area (Å²) in [4.78, 5) is 20.4. The fraction of sp³-hybridized carbons (Fsp3) is 0.528. The minimum atomic E-state index is -3.79. The number of primary amides is 1. The summed E-state index contributed by atoms with van der Waals surface area (Å²) in [6, 6.07) is 10.0. The van der Waals surface area contributed by atoms with Gasteiger partial charge < -0.3 is 54.8 Å². The number of aromatic nitrogens is 2. The number of benzene rings is 2. The number of nitrogens with one attached hydrogen (secondary N) is 4. The second kappa shape index (κ2) is 25.8. The Hall–Kier alpha value is -3.41. The summed E-state index contributed by atoms with van der Waals surface area (Å²) in [7, 11) is -3.79. The lowest BCUT2D eigenvalue weighted by Gasteiger charge is -2.22. The van der Waals surface area contributed by atoms with Gasteiger partial charge in [0.2, 0.25) is 16.0 Å². The number of carbonyl (C=O) groups is 1. The molecule has 1 aromatic heterocycles.